The first-order chi connectivity index (χ1) is 9.81. The third-order valence-electron chi connectivity index (χ3n) is 3.43. The Morgan fingerprint density at radius 2 is 1.35 bits per heavy atom. The topological polar surface area (TPSA) is 75.1 Å². The number of azide groups is 1. The lowest BCUT2D eigenvalue weighted by Gasteiger charge is -2.02. The summed E-state index contributed by atoms with van der Waals surface area (Å²) in [5.74, 6) is -0.0922. The fourth-order valence-corrected chi connectivity index (χ4v) is 2.19. The second-order valence-electron chi connectivity index (χ2n) is 5.17. The zero-order chi connectivity index (χ0) is 14.9. The summed E-state index contributed by atoms with van der Waals surface area (Å²) in [6.45, 7) is 0.641. The van der Waals surface area contributed by atoms with Gasteiger partial charge in [-0.3, -0.25) is 4.79 Å². The van der Waals surface area contributed by atoms with Crippen LogP contribution in [0.5, 0.6) is 0 Å². The first-order valence-electron chi connectivity index (χ1n) is 7.89. The summed E-state index contributed by atoms with van der Waals surface area (Å²) in [5.41, 5.74) is 8.12. The van der Waals surface area contributed by atoms with Gasteiger partial charge in [-0.15, -0.1) is 0 Å². The molecule has 116 valence electrons. The number of hydrogen-bond acceptors (Lipinski definition) is 3. The van der Waals surface area contributed by atoms with Crippen LogP contribution in [0, 0.1) is 0 Å². The molecule has 0 saturated carbocycles. The Hall–Kier alpha value is -1.22. The van der Waals surface area contributed by atoms with Gasteiger partial charge in [0.2, 0.25) is 0 Å². The van der Waals surface area contributed by atoms with Gasteiger partial charge in [-0.25, -0.2) is 0 Å². The second kappa shape index (κ2) is 15.8. The Morgan fingerprint density at radius 3 is 1.80 bits per heavy atom. The van der Waals surface area contributed by atoms with Gasteiger partial charge in [-0.2, -0.15) is 0 Å². The molecular weight excluding hydrogens is 254 g/mol. The number of ether oxygens (including phenoxy) is 1. The molecule has 0 aliphatic carbocycles. The Morgan fingerprint density at radius 1 is 0.900 bits per heavy atom. The zero-order valence-electron chi connectivity index (χ0n) is 12.9. The van der Waals surface area contributed by atoms with Gasteiger partial charge in [0.25, 0.3) is 0 Å². The summed E-state index contributed by atoms with van der Waals surface area (Å²) in [5, 5.41) is 3.52. The molecular formula is C15H29N3O2. The summed E-state index contributed by atoms with van der Waals surface area (Å²) in [6, 6.07) is 0. The van der Waals surface area contributed by atoms with Crippen molar-refractivity contribution < 1.29 is 9.53 Å². The number of nitrogens with zero attached hydrogens (tertiary/aromatic N) is 3. The molecule has 5 heteroatoms. The first-order valence-corrected chi connectivity index (χ1v) is 7.89. The molecule has 20 heavy (non-hydrogen) atoms. The van der Waals surface area contributed by atoms with Crippen molar-refractivity contribution in [1.29, 1.82) is 0 Å². The third-order valence-corrected chi connectivity index (χ3v) is 3.43. The van der Waals surface area contributed by atoms with Crippen molar-refractivity contribution in [1.82, 2.24) is 0 Å². The fraction of sp³-hybridized carbons (Fsp3) is 0.933. The fourth-order valence-electron chi connectivity index (χ4n) is 2.19. The van der Waals surface area contributed by atoms with Crippen LogP contribution in [0.4, 0.5) is 0 Å². The standard InChI is InChI=1S/C15H29N3O2/c1-20-15(19)13-11-9-7-5-3-2-4-6-8-10-12-14-17-18-16/h2-14H2,1H3. The van der Waals surface area contributed by atoms with E-state index in [0.717, 1.165) is 19.3 Å². The minimum absolute atomic E-state index is 0.0922. The van der Waals surface area contributed by atoms with Crippen LogP contribution < -0.4 is 0 Å². The quantitative estimate of drug-likeness (QED) is 0.145. The monoisotopic (exact) mass is 283 g/mol. The maximum atomic E-state index is 10.9. The van der Waals surface area contributed by atoms with Gasteiger partial charge >= 0.3 is 5.97 Å². The molecule has 0 aromatic heterocycles. The average Bonchev–Trinajstić information content (AvgIpc) is 2.47. The minimum Gasteiger partial charge on any atom is -0.469 e. The normalized spacial score (nSPS) is 10.1. The van der Waals surface area contributed by atoms with E-state index < -0.39 is 0 Å². The van der Waals surface area contributed by atoms with E-state index in [-0.39, 0.29) is 5.97 Å². The highest BCUT2D eigenvalue weighted by molar-refractivity contribution is 5.68. The molecule has 0 fully saturated rings. The highest BCUT2D eigenvalue weighted by Gasteiger charge is 1.99. The molecule has 0 aromatic rings. The highest BCUT2D eigenvalue weighted by Crippen LogP contribution is 2.12. The second-order valence-corrected chi connectivity index (χ2v) is 5.17. The SMILES string of the molecule is COC(=O)CCCCCCCCCCCCCN=[N+]=[N-]. The van der Waals surface area contributed by atoms with E-state index in [1.54, 1.807) is 0 Å². The molecule has 0 spiro atoms. The summed E-state index contributed by atoms with van der Waals surface area (Å²) in [4.78, 5) is 13.6. The van der Waals surface area contributed by atoms with Crippen LogP contribution >= 0.6 is 0 Å². The van der Waals surface area contributed by atoms with E-state index in [4.69, 9.17) is 5.53 Å². The summed E-state index contributed by atoms with van der Waals surface area (Å²) < 4.78 is 4.60. The molecule has 0 aromatic carbocycles. The molecule has 0 amide bonds. The molecule has 0 N–H and O–H groups in total. The number of rotatable bonds is 14. The number of unbranched alkanes of at least 4 members (excludes halogenated alkanes) is 10. The molecule has 0 aliphatic rings. The van der Waals surface area contributed by atoms with Gasteiger partial charge in [0.05, 0.1) is 7.11 Å². The van der Waals surface area contributed by atoms with Crippen molar-refractivity contribution in [2.45, 2.75) is 77.0 Å². The van der Waals surface area contributed by atoms with Crippen molar-refractivity contribution in [3.8, 4) is 0 Å². The number of esters is 1. The van der Waals surface area contributed by atoms with Crippen LogP contribution in [0.1, 0.15) is 77.0 Å². The number of hydrogen-bond donors (Lipinski definition) is 0. The molecule has 0 bridgehead atoms. The first kappa shape index (κ1) is 18.8. The van der Waals surface area contributed by atoms with E-state index in [2.05, 4.69) is 14.8 Å². The van der Waals surface area contributed by atoms with E-state index in [9.17, 15) is 4.79 Å². The van der Waals surface area contributed by atoms with Crippen LogP contribution in [-0.2, 0) is 9.53 Å². The number of carbonyl (C=O) groups excluding carboxylic acids is 1. The van der Waals surface area contributed by atoms with Crippen molar-refractivity contribution >= 4 is 5.97 Å². The van der Waals surface area contributed by atoms with E-state index in [0.29, 0.717) is 13.0 Å². The molecule has 5 nitrogen and oxygen atoms in total. The van der Waals surface area contributed by atoms with E-state index in [1.807, 2.05) is 0 Å². The minimum atomic E-state index is -0.0922. The van der Waals surface area contributed by atoms with Crippen molar-refractivity contribution in [3.63, 3.8) is 0 Å². The Balaban J connectivity index is 3.02. The van der Waals surface area contributed by atoms with E-state index in [1.165, 1.54) is 58.5 Å². The van der Waals surface area contributed by atoms with Crippen LogP contribution in [0.15, 0.2) is 5.11 Å². The third kappa shape index (κ3) is 14.8. The summed E-state index contributed by atoms with van der Waals surface area (Å²) in [6.07, 6.45) is 13.8. The van der Waals surface area contributed by atoms with Gasteiger partial charge in [-0.05, 0) is 18.4 Å². The lowest BCUT2D eigenvalue weighted by molar-refractivity contribution is -0.140. The Bertz CT molecular complexity index is 276. The molecule has 0 unspecified atom stereocenters. The molecule has 0 saturated heterocycles. The smallest absolute Gasteiger partial charge is 0.305 e. The highest BCUT2D eigenvalue weighted by atomic mass is 16.5. The maximum Gasteiger partial charge on any atom is 0.305 e. The molecule has 0 rings (SSSR count). The van der Waals surface area contributed by atoms with Gasteiger partial charge in [0, 0.05) is 17.9 Å². The lowest BCUT2D eigenvalue weighted by Crippen LogP contribution is -1.99. The van der Waals surface area contributed by atoms with Crippen molar-refractivity contribution in [3.05, 3.63) is 10.4 Å². The van der Waals surface area contributed by atoms with Gasteiger partial charge in [0.15, 0.2) is 0 Å². The van der Waals surface area contributed by atoms with Crippen molar-refractivity contribution in [2.75, 3.05) is 13.7 Å². The van der Waals surface area contributed by atoms with Gasteiger partial charge < -0.3 is 4.74 Å². The van der Waals surface area contributed by atoms with Crippen LogP contribution in [0.3, 0.4) is 0 Å². The average molecular weight is 283 g/mol. The Kier molecular flexibility index (Phi) is 14.9. The van der Waals surface area contributed by atoms with Crippen LogP contribution in [0.25, 0.3) is 10.4 Å². The molecule has 0 atom stereocenters. The summed E-state index contributed by atoms with van der Waals surface area (Å²) in [7, 11) is 1.44. The predicted molar refractivity (Wildman–Crippen MR) is 81.4 cm³/mol. The molecule has 0 heterocycles. The molecule has 0 radical (unpaired) electrons. The lowest BCUT2D eigenvalue weighted by atomic mass is 10.1. The largest absolute Gasteiger partial charge is 0.469 e. The van der Waals surface area contributed by atoms with Crippen LogP contribution in [0.2, 0.25) is 0 Å². The predicted octanol–water partition coefficient (Wildman–Crippen LogP) is 5.15. The van der Waals surface area contributed by atoms with Gasteiger partial charge in [-0.1, -0.05) is 62.9 Å². The van der Waals surface area contributed by atoms with Crippen molar-refractivity contribution in [2.24, 2.45) is 5.11 Å². The maximum absolute atomic E-state index is 10.9. The number of carbonyl (C=O) groups is 1. The van der Waals surface area contributed by atoms with Gasteiger partial charge in [0.1, 0.15) is 0 Å². The zero-order valence-corrected chi connectivity index (χ0v) is 12.9. The molecule has 0 aliphatic heterocycles. The Labute approximate surface area is 122 Å². The van der Waals surface area contributed by atoms with Crippen LogP contribution in [-0.4, -0.2) is 19.6 Å². The number of methoxy groups -OCH3 is 1. The van der Waals surface area contributed by atoms with E-state index >= 15 is 0 Å². The summed E-state index contributed by atoms with van der Waals surface area (Å²) >= 11 is 0.